The van der Waals surface area contributed by atoms with E-state index in [0.29, 0.717) is 12.2 Å². The molecule has 1 aliphatic rings. The van der Waals surface area contributed by atoms with Crippen LogP contribution in [0.3, 0.4) is 0 Å². The van der Waals surface area contributed by atoms with Gasteiger partial charge in [0.15, 0.2) is 0 Å². The Kier molecular flexibility index (Phi) is 5.58. The molecule has 1 aliphatic heterocycles. The minimum absolute atomic E-state index is 0.125. The van der Waals surface area contributed by atoms with Gasteiger partial charge in [-0.2, -0.15) is 0 Å². The molecular formula is C15H21BrFN3O. The lowest BCUT2D eigenvalue weighted by molar-refractivity contribution is -0.130. The smallest absolute Gasteiger partial charge is 0.236 e. The van der Waals surface area contributed by atoms with E-state index >= 15 is 0 Å². The summed E-state index contributed by atoms with van der Waals surface area (Å²) < 4.78 is 14.5. The van der Waals surface area contributed by atoms with Gasteiger partial charge in [-0.05, 0) is 31.0 Å². The van der Waals surface area contributed by atoms with Gasteiger partial charge >= 0.3 is 0 Å². The summed E-state index contributed by atoms with van der Waals surface area (Å²) in [6, 6.07) is 5.30. The molecule has 0 aromatic heterocycles. The first-order valence-electron chi connectivity index (χ1n) is 7.10. The molecule has 4 nitrogen and oxygen atoms in total. The van der Waals surface area contributed by atoms with E-state index in [1.165, 1.54) is 6.07 Å². The van der Waals surface area contributed by atoms with Gasteiger partial charge in [-0.25, -0.2) is 4.39 Å². The summed E-state index contributed by atoms with van der Waals surface area (Å²) in [5, 5.41) is 3.26. The second-order valence-corrected chi connectivity index (χ2v) is 6.52. The van der Waals surface area contributed by atoms with Crippen molar-refractivity contribution in [2.45, 2.75) is 18.9 Å². The highest BCUT2D eigenvalue weighted by Gasteiger charge is 2.21. The fourth-order valence-electron chi connectivity index (χ4n) is 2.39. The van der Waals surface area contributed by atoms with Crippen LogP contribution in [0, 0.1) is 5.82 Å². The van der Waals surface area contributed by atoms with E-state index in [0.717, 1.165) is 30.4 Å². The topological polar surface area (TPSA) is 35.6 Å². The lowest BCUT2D eigenvalue weighted by Crippen LogP contribution is -2.44. The standard InChI is InChI=1S/C15H21BrFN3O/c1-19(2)15(21)10-20-7-5-12(6-8-20)18-14-4-3-11(16)9-13(14)17/h3-4,9,12,18H,5-8,10H2,1-2H3. The lowest BCUT2D eigenvalue weighted by atomic mass is 10.0. The molecular weight excluding hydrogens is 337 g/mol. The summed E-state index contributed by atoms with van der Waals surface area (Å²) >= 11 is 3.25. The molecule has 1 N–H and O–H groups in total. The maximum atomic E-state index is 13.8. The van der Waals surface area contributed by atoms with Crippen molar-refractivity contribution in [2.75, 3.05) is 39.0 Å². The highest BCUT2D eigenvalue weighted by molar-refractivity contribution is 9.10. The molecule has 0 atom stereocenters. The SMILES string of the molecule is CN(C)C(=O)CN1CCC(Nc2ccc(Br)cc2F)CC1. The first kappa shape index (κ1) is 16.2. The first-order chi connectivity index (χ1) is 9.95. The minimum Gasteiger partial charge on any atom is -0.380 e. The van der Waals surface area contributed by atoms with Gasteiger partial charge in [0.1, 0.15) is 5.82 Å². The number of likely N-dealkylation sites (N-methyl/N-ethyl adjacent to an activating group) is 1. The molecule has 116 valence electrons. The Bertz CT molecular complexity index is 502. The van der Waals surface area contributed by atoms with Crippen molar-refractivity contribution in [2.24, 2.45) is 0 Å². The summed E-state index contributed by atoms with van der Waals surface area (Å²) in [5.41, 5.74) is 0.543. The third-order valence-electron chi connectivity index (χ3n) is 3.74. The molecule has 1 fully saturated rings. The third-order valence-corrected chi connectivity index (χ3v) is 4.23. The largest absolute Gasteiger partial charge is 0.380 e. The first-order valence-corrected chi connectivity index (χ1v) is 7.89. The van der Waals surface area contributed by atoms with Gasteiger partial charge in [-0.3, -0.25) is 9.69 Å². The predicted octanol–water partition coefficient (Wildman–Crippen LogP) is 2.55. The monoisotopic (exact) mass is 357 g/mol. The molecule has 1 saturated heterocycles. The van der Waals surface area contributed by atoms with Crippen LogP contribution in [-0.2, 0) is 4.79 Å². The molecule has 1 heterocycles. The van der Waals surface area contributed by atoms with Gasteiger partial charge in [0.05, 0.1) is 12.2 Å². The maximum absolute atomic E-state index is 13.8. The normalized spacial score (nSPS) is 16.8. The average Bonchev–Trinajstić information content (AvgIpc) is 2.43. The van der Waals surface area contributed by atoms with E-state index in [9.17, 15) is 9.18 Å². The molecule has 0 bridgehead atoms. The van der Waals surface area contributed by atoms with Gasteiger partial charge in [0.2, 0.25) is 5.91 Å². The number of amides is 1. The fourth-order valence-corrected chi connectivity index (χ4v) is 2.73. The van der Waals surface area contributed by atoms with Crippen molar-refractivity contribution < 1.29 is 9.18 Å². The van der Waals surface area contributed by atoms with Crippen LogP contribution in [0.5, 0.6) is 0 Å². The second kappa shape index (κ2) is 7.22. The number of carbonyl (C=O) groups excluding carboxylic acids is 1. The molecule has 6 heteroatoms. The molecule has 1 aromatic carbocycles. The Balaban J connectivity index is 1.83. The molecule has 21 heavy (non-hydrogen) atoms. The zero-order chi connectivity index (χ0) is 15.4. The van der Waals surface area contributed by atoms with Crippen molar-refractivity contribution in [1.82, 2.24) is 9.80 Å². The Labute approximate surface area is 133 Å². The van der Waals surface area contributed by atoms with Crippen LogP contribution in [-0.4, -0.2) is 55.5 Å². The molecule has 1 amide bonds. The van der Waals surface area contributed by atoms with Crippen molar-refractivity contribution in [3.8, 4) is 0 Å². The molecule has 2 rings (SSSR count). The van der Waals surface area contributed by atoms with E-state index < -0.39 is 0 Å². The molecule has 0 spiro atoms. The lowest BCUT2D eigenvalue weighted by Gasteiger charge is -2.33. The van der Waals surface area contributed by atoms with Crippen LogP contribution >= 0.6 is 15.9 Å². The van der Waals surface area contributed by atoms with Crippen LogP contribution in [0.2, 0.25) is 0 Å². The number of nitrogens with zero attached hydrogens (tertiary/aromatic N) is 2. The van der Waals surface area contributed by atoms with E-state index in [1.54, 1.807) is 25.1 Å². The summed E-state index contributed by atoms with van der Waals surface area (Å²) in [4.78, 5) is 15.4. The predicted molar refractivity (Wildman–Crippen MR) is 85.9 cm³/mol. The summed E-state index contributed by atoms with van der Waals surface area (Å²) in [5.74, 6) is -0.116. The number of hydrogen-bond acceptors (Lipinski definition) is 3. The van der Waals surface area contributed by atoms with E-state index in [1.807, 2.05) is 6.07 Å². The summed E-state index contributed by atoms with van der Waals surface area (Å²) in [6.07, 6.45) is 1.83. The molecule has 1 aromatic rings. The summed E-state index contributed by atoms with van der Waals surface area (Å²) in [6.45, 7) is 2.18. The van der Waals surface area contributed by atoms with Crippen molar-refractivity contribution in [3.05, 3.63) is 28.5 Å². The molecule has 0 unspecified atom stereocenters. The van der Waals surface area contributed by atoms with Gasteiger partial charge < -0.3 is 10.2 Å². The van der Waals surface area contributed by atoms with Crippen LogP contribution in [0.15, 0.2) is 22.7 Å². The number of hydrogen-bond donors (Lipinski definition) is 1. The zero-order valence-electron chi connectivity index (χ0n) is 12.4. The van der Waals surface area contributed by atoms with Crippen molar-refractivity contribution in [1.29, 1.82) is 0 Å². The molecule has 0 saturated carbocycles. The van der Waals surface area contributed by atoms with E-state index in [-0.39, 0.29) is 17.8 Å². The Morgan fingerprint density at radius 1 is 1.43 bits per heavy atom. The van der Waals surface area contributed by atoms with Crippen LogP contribution in [0.25, 0.3) is 0 Å². The number of halogens is 2. The van der Waals surface area contributed by atoms with Gasteiger partial charge in [0, 0.05) is 37.7 Å². The number of benzene rings is 1. The number of piperidine rings is 1. The number of rotatable bonds is 4. The number of anilines is 1. The maximum Gasteiger partial charge on any atom is 0.236 e. The Hall–Kier alpha value is -1.14. The number of nitrogens with one attached hydrogen (secondary N) is 1. The highest BCUT2D eigenvalue weighted by atomic mass is 79.9. The fraction of sp³-hybridized carbons (Fsp3) is 0.533. The zero-order valence-corrected chi connectivity index (χ0v) is 14.0. The minimum atomic E-state index is -0.241. The van der Waals surface area contributed by atoms with Crippen molar-refractivity contribution in [3.63, 3.8) is 0 Å². The second-order valence-electron chi connectivity index (χ2n) is 5.61. The Morgan fingerprint density at radius 3 is 2.67 bits per heavy atom. The highest BCUT2D eigenvalue weighted by Crippen LogP contribution is 2.22. The quantitative estimate of drug-likeness (QED) is 0.899. The van der Waals surface area contributed by atoms with E-state index in [2.05, 4.69) is 26.1 Å². The summed E-state index contributed by atoms with van der Waals surface area (Å²) in [7, 11) is 3.54. The molecule has 0 radical (unpaired) electrons. The third kappa shape index (κ3) is 4.68. The van der Waals surface area contributed by atoms with Crippen LogP contribution < -0.4 is 5.32 Å². The van der Waals surface area contributed by atoms with Gasteiger partial charge in [0.25, 0.3) is 0 Å². The Morgan fingerprint density at radius 2 is 2.10 bits per heavy atom. The van der Waals surface area contributed by atoms with Gasteiger partial charge in [-0.1, -0.05) is 15.9 Å². The van der Waals surface area contributed by atoms with Crippen molar-refractivity contribution >= 4 is 27.5 Å². The molecule has 0 aliphatic carbocycles. The van der Waals surface area contributed by atoms with Gasteiger partial charge in [-0.15, -0.1) is 0 Å². The van der Waals surface area contributed by atoms with E-state index in [4.69, 9.17) is 0 Å². The van der Waals surface area contributed by atoms with Crippen LogP contribution in [0.1, 0.15) is 12.8 Å². The number of carbonyl (C=O) groups is 1. The number of likely N-dealkylation sites (tertiary alicyclic amines) is 1. The average molecular weight is 358 g/mol. The van der Waals surface area contributed by atoms with Crippen LogP contribution in [0.4, 0.5) is 10.1 Å².